The topological polar surface area (TPSA) is 63.0 Å². The van der Waals surface area contributed by atoms with Crippen LogP contribution >= 0.6 is 23.2 Å². The van der Waals surface area contributed by atoms with Gasteiger partial charge < -0.3 is 4.74 Å². The first-order valence-corrected chi connectivity index (χ1v) is 7.76. The van der Waals surface area contributed by atoms with Crippen molar-refractivity contribution in [2.45, 2.75) is 0 Å². The number of halogens is 2. The molecule has 0 bridgehead atoms. The molecule has 0 saturated carbocycles. The highest BCUT2D eigenvalue weighted by Gasteiger charge is 2.05. The lowest BCUT2D eigenvalue weighted by atomic mass is 10.2. The molecular weight excluding hydrogens is 349 g/mol. The summed E-state index contributed by atoms with van der Waals surface area (Å²) in [4.78, 5) is 15.7. The molecule has 0 unspecified atom stereocenters. The summed E-state index contributed by atoms with van der Waals surface area (Å²) in [5.74, 6) is 0.183. The van der Waals surface area contributed by atoms with Crippen LogP contribution in [0.25, 0.3) is 0 Å². The van der Waals surface area contributed by atoms with Gasteiger partial charge in [0.1, 0.15) is 5.75 Å². The van der Waals surface area contributed by atoms with Crippen molar-refractivity contribution < 1.29 is 9.53 Å². The van der Waals surface area contributed by atoms with Crippen LogP contribution in [0.3, 0.4) is 0 Å². The van der Waals surface area contributed by atoms with E-state index in [1.807, 2.05) is 18.2 Å². The van der Waals surface area contributed by atoms with Gasteiger partial charge in [-0.1, -0.05) is 41.4 Å². The molecule has 5 nitrogen and oxygen atoms in total. The average Bonchev–Trinajstić information content (AvgIpc) is 2.56. The van der Waals surface area contributed by atoms with Crippen molar-refractivity contribution in [1.29, 1.82) is 0 Å². The maximum atomic E-state index is 11.8. The summed E-state index contributed by atoms with van der Waals surface area (Å²) >= 11 is 11.8. The number of para-hydroxylation sites is 1. The molecule has 0 aliphatic rings. The third-order valence-corrected chi connectivity index (χ3v) is 3.46. The monoisotopic (exact) mass is 363 g/mol. The molecule has 0 saturated heterocycles. The Labute approximate surface area is 150 Å². The summed E-state index contributed by atoms with van der Waals surface area (Å²) in [6, 6.07) is 12.3. The largest absolute Gasteiger partial charge is 0.483 e. The Kier molecular flexibility index (Phi) is 6.78. The fourth-order valence-corrected chi connectivity index (χ4v) is 2.27. The van der Waals surface area contributed by atoms with E-state index >= 15 is 0 Å². The third-order valence-electron chi connectivity index (χ3n) is 2.90. The summed E-state index contributed by atoms with van der Waals surface area (Å²) in [7, 11) is 1.67. The van der Waals surface area contributed by atoms with Crippen molar-refractivity contribution in [3.63, 3.8) is 0 Å². The number of hydrogen-bond donors (Lipinski definition) is 1. The molecular formula is C17H15Cl2N3O2. The lowest BCUT2D eigenvalue weighted by Gasteiger charge is -2.07. The zero-order valence-electron chi connectivity index (χ0n) is 12.9. The summed E-state index contributed by atoms with van der Waals surface area (Å²) in [6.07, 6.45) is 3.10. The summed E-state index contributed by atoms with van der Waals surface area (Å²) in [5.41, 5.74) is 3.82. The van der Waals surface area contributed by atoms with Gasteiger partial charge in [0, 0.05) is 29.4 Å². The van der Waals surface area contributed by atoms with Gasteiger partial charge in [-0.25, -0.2) is 5.43 Å². The number of carbonyl (C=O) groups is 1. The predicted octanol–water partition coefficient (Wildman–Crippen LogP) is 3.57. The number of nitrogens with zero attached hydrogens (tertiary/aromatic N) is 2. The van der Waals surface area contributed by atoms with Crippen molar-refractivity contribution >= 4 is 41.5 Å². The molecule has 0 atom stereocenters. The van der Waals surface area contributed by atoms with Crippen molar-refractivity contribution in [2.75, 3.05) is 13.7 Å². The Morgan fingerprint density at radius 1 is 1.17 bits per heavy atom. The van der Waals surface area contributed by atoms with Crippen LogP contribution < -0.4 is 10.2 Å². The van der Waals surface area contributed by atoms with Crippen molar-refractivity contribution in [3.05, 3.63) is 63.6 Å². The number of hydrazone groups is 1. The number of carbonyl (C=O) groups excluding carboxylic acids is 1. The minimum atomic E-state index is -0.389. The van der Waals surface area contributed by atoms with Crippen LogP contribution in [0.1, 0.15) is 11.1 Å². The normalized spacial score (nSPS) is 11.1. The third kappa shape index (κ3) is 5.37. The minimum absolute atomic E-state index is 0.166. The lowest BCUT2D eigenvalue weighted by Crippen LogP contribution is -2.24. The fourth-order valence-electron chi connectivity index (χ4n) is 1.81. The van der Waals surface area contributed by atoms with Gasteiger partial charge in [0.2, 0.25) is 0 Å². The number of hydrogen-bond acceptors (Lipinski definition) is 4. The van der Waals surface area contributed by atoms with Crippen LogP contribution in [0.2, 0.25) is 10.0 Å². The van der Waals surface area contributed by atoms with Crippen LogP contribution in [-0.4, -0.2) is 32.0 Å². The van der Waals surface area contributed by atoms with Gasteiger partial charge >= 0.3 is 0 Å². The molecule has 0 fully saturated rings. The number of aliphatic imine (C=N–C) groups is 1. The molecule has 0 radical (unpaired) electrons. The Morgan fingerprint density at radius 3 is 2.71 bits per heavy atom. The first-order chi connectivity index (χ1) is 11.6. The van der Waals surface area contributed by atoms with E-state index in [0.29, 0.717) is 21.4 Å². The molecule has 2 aromatic carbocycles. The van der Waals surface area contributed by atoms with Gasteiger partial charge in [0.05, 0.1) is 11.2 Å². The zero-order valence-corrected chi connectivity index (χ0v) is 14.4. The van der Waals surface area contributed by atoms with Crippen molar-refractivity contribution in [2.24, 2.45) is 10.1 Å². The second kappa shape index (κ2) is 9.05. The van der Waals surface area contributed by atoms with Crippen LogP contribution in [0.5, 0.6) is 5.75 Å². The second-order valence-corrected chi connectivity index (χ2v) is 5.52. The quantitative estimate of drug-likeness (QED) is 0.629. The SMILES string of the molecule is CN=Cc1ccccc1OCC(=O)N/N=C/c1ccc(Cl)cc1Cl. The maximum absolute atomic E-state index is 11.8. The molecule has 0 aromatic heterocycles. The van der Waals surface area contributed by atoms with Gasteiger partial charge in [-0.05, 0) is 24.3 Å². The molecule has 24 heavy (non-hydrogen) atoms. The Hall–Kier alpha value is -2.37. The molecule has 0 aliphatic heterocycles. The number of benzene rings is 2. The van der Waals surface area contributed by atoms with Gasteiger partial charge in [0.15, 0.2) is 6.61 Å². The summed E-state index contributed by atoms with van der Waals surface area (Å²) < 4.78 is 5.47. The highest BCUT2D eigenvalue weighted by molar-refractivity contribution is 6.36. The molecule has 1 N–H and O–H groups in total. The van der Waals surface area contributed by atoms with Crippen molar-refractivity contribution in [1.82, 2.24) is 5.43 Å². The molecule has 7 heteroatoms. The van der Waals surface area contributed by atoms with Gasteiger partial charge in [-0.15, -0.1) is 0 Å². The van der Waals surface area contributed by atoms with E-state index in [2.05, 4.69) is 15.5 Å². The molecule has 1 amide bonds. The molecule has 124 valence electrons. The summed E-state index contributed by atoms with van der Waals surface area (Å²) in [6.45, 7) is -0.166. The average molecular weight is 364 g/mol. The van der Waals surface area contributed by atoms with E-state index in [-0.39, 0.29) is 12.5 Å². The fraction of sp³-hybridized carbons (Fsp3) is 0.118. The zero-order chi connectivity index (χ0) is 17.4. The molecule has 0 spiro atoms. The lowest BCUT2D eigenvalue weighted by molar-refractivity contribution is -0.123. The molecule has 0 aliphatic carbocycles. The first kappa shape index (κ1) is 18.0. The predicted molar refractivity (Wildman–Crippen MR) is 97.7 cm³/mol. The highest BCUT2D eigenvalue weighted by Crippen LogP contribution is 2.19. The maximum Gasteiger partial charge on any atom is 0.277 e. The standard InChI is InChI=1S/C17H15Cl2N3O2/c1-20-9-13-4-2-3-5-16(13)24-11-17(23)22-21-10-12-6-7-14(18)8-15(12)19/h2-10H,11H2,1H3,(H,22,23)/b20-9?,21-10+. The van der Waals surface area contributed by atoms with E-state index < -0.39 is 0 Å². The Morgan fingerprint density at radius 2 is 1.96 bits per heavy atom. The van der Waals surface area contributed by atoms with E-state index in [1.165, 1.54) is 6.21 Å². The second-order valence-electron chi connectivity index (χ2n) is 4.67. The van der Waals surface area contributed by atoms with Gasteiger partial charge in [-0.3, -0.25) is 9.79 Å². The van der Waals surface area contributed by atoms with Crippen LogP contribution in [0.15, 0.2) is 52.6 Å². The van der Waals surface area contributed by atoms with Crippen LogP contribution in [0.4, 0.5) is 0 Å². The molecule has 2 aromatic rings. The minimum Gasteiger partial charge on any atom is -0.483 e. The molecule has 2 rings (SSSR count). The first-order valence-electron chi connectivity index (χ1n) is 7.01. The number of amides is 1. The number of rotatable bonds is 6. The number of nitrogens with one attached hydrogen (secondary N) is 1. The van der Waals surface area contributed by atoms with E-state index in [4.69, 9.17) is 27.9 Å². The van der Waals surface area contributed by atoms with E-state index in [0.717, 1.165) is 5.56 Å². The van der Waals surface area contributed by atoms with Gasteiger partial charge in [-0.2, -0.15) is 5.10 Å². The molecule has 0 heterocycles. The number of ether oxygens (including phenoxy) is 1. The van der Waals surface area contributed by atoms with Crippen LogP contribution in [0, 0.1) is 0 Å². The summed E-state index contributed by atoms with van der Waals surface area (Å²) in [5, 5.41) is 4.82. The Balaban J connectivity index is 1.89. The smallest absolute Gasteiger partial charge is 0.277 e. The van der Waals surface area contributed by atoms with E-state index in [1.54, 1.807) is 37.5 Å². The van der Waals surface area contributed by atoms with E-state index in [9.17, 15) is 4.79 Å². The van der Waals surface area contributed by atoms with Crippen molar-refractivity contribution in [3.8, 4) is 5.75 Å². The Bertz CT molecular complexity index is 776. The highest BCUT2D eigenvalue weighted by atomic mass is 35.5. The van der Waals surface area contributed by atoms with Gasteiger partial charge in [0.25, 0.3) is 5.91 Å². The van der Waals surface area contributed by atoms with Crippen LogP contribution in [-0.2, 0) is 4.79 Å².